The Bertz CT molecular complexity index is 592. The van der Waals surface area contributed by atoms with Crippen LogP contribution in [-0.2, 0) is 16.6 Å². The van der Waals surface area contributed by atoms with Crippen LogP contribution >= 0.6 is 0 Å². The van der Waals surface area contributed by atoms with E-state index < -0.39 is 22.4 Å². The van der Waals surface area contributed by atoms with Gasteiger partial charge in [-0.15, -0.1) is 0 Å². The number of sulfonamides is 1. The first kappa shape index (κ1) is 16.4. The molecule has 5 nitrogen and oxygen atoms in total. The third kappa shape index (κ3) is 3.79. The number of nitrogens with one attached hydrogen (secondary N) is 1. The molecule has 0 aromatic heterocycles. The highest BCUT2D eigenvalue weighted by Gasteiger charge is 2.25. The standard InChI is InChI=1S/C14H21FN2O3S/c1-2-17-7-3-4-12(17)9-16-21(19,20)13-5-6-14(15)11(8-13)10-18/h5-6,8,12,16,18H,2-4,7,9-10H2,1H3. The van der Waals surface area contributed by atoms with Crippen LogP contribution < -0.4 is 4.72 Å². The number of aliphatic hydroxyl groups excluding tert-OH is 1. The molecule has 1 unspecified atom stereocenters. The average molecular weight is 316 g/mol. The molecule has 2 N–H and O–H groups in total. The Balaban J connectivity index is 2.08. The van der Waals surface area contributed by atoms with Crippen LogP contribution in [0.1, 0.15) is 25.3 Å². The first-order chi connectivity index (χ1) is 9.97. The molecule has 0 radical (unpaired) electrons. The third-order valence-electron chi connectivity index (χ3n) is 3.91. The number of aliphatic hydroxyl groups is 1. The number of benzene rings is 1. The first-order valence-corrected chi connectivity index (χ1v) is 8.59. The molecule has 1 aliphatic rings. The van der Waals surface area contributed by atoms with Crippen LogP contribution in [-0.4, -0.2) is 44.1 Å². The van der Waals surface area contributed by atoms with E-state index >= 15 is 0 Å². The molecular weight excluding hydrogens is 295 g/mol. The predicted octanol–water partition coefficient (Wildman–Crippen LogP) is 1.08. The lowest BCUT2D eigenvalue weighted by molar-refractivity contribution is 0.268. The van der Waals surface area contributed by atoms with Crippen molar-refractivity contribution in [3.8, 4) is 0 Å². The lowest BCUT2D eigenvalue weighted by atomic mass is 10.2. The van der Waals surface area contributed by atoms with Crippen molar-refractivity contribution in [2.45, 2.75) is 37.3 Å². The number of nitrogens with zero attached hydrogens (tertiary/aromatic N) is 1. The minimum absolute atomic E-state index is 0.0194. The number of halogens is 1. The molecule has 1 saturated heterocycles. The second kappa shape index (κ2) is 6.83. The smallest absolute Gasteiger partial charge is 0.240 e. The Morgan fingerprint density at radius 2 is 2.24 bits per heavy atom. The highest BCUT2D eigenvalue weighted by atomic mass is 32.2. The molecule has 0 bridgehead atoms. The fourth-order valence-electron chi connectivity index (χ4n) is 2.67. The summed E-state index contributed by atoms with van der Waals surface area (Å²) in [5, 5.41) is 9.02. The van der Waals surface area contributed by atoms with Crippen molar-refractivity contribution in [1.82, 2.24) is 9.62 Å². The highest BCUT2D eigenvalue weighted by Crippen LogP contribution is 2.18. The van der Waals surface area contributed by atoms with E-state index in [1.165, 1.54) is 12.1 Å². The number of likely N-dealkylation sites (tertiary alicyclic amines) is 1. The van der Waals surface area contributed by atoms with Crippen molar-refractivity contribution in [1.29, 1.82) is 0 Å². The van der Waals surface area contributed by atoms with Crippen molar-refractivity contribution < 1.29 is 17.9 Å². The second-order valence-electron chi connectivity index (χ2n) is 5.19. The lowest BCUT2D eigenvalue weighted by Gasteiger charge is -2.22. The number of hydrogen-bond acceptors (Lipinski definition) is 4. The van der Waals surface area contributed by atoms with E-state index in [9.17, 15) is 12.8 Å². The molecule has 118 valence electrons. The minimum atomic E-state index is -3.68. The zero-order valence-corrected chi connectivity index (χ0v) is 12.9. The van der Waals surface area contributed by atoms with Crippen LogP contribution in [0.3, 0.4) is 0 Å². The Hall–Kier alpha value is -1.02. The average Bonchev–Trinajstić information content (AvgIpc) is 2.93. The van der Waals surface area contributed by atoms with E-state index in [1.807, 2.05) is 0 Å². The van der Waals surface area contributed by atoms with Crippen LogP contribution in [0, 0.1) is 5.82 Å². The predicted molar refractivity (Wildman–Crippen MR) is 77.8 cm³/mol. The summed E-state index contributed by atoms with van der Waals surface area (Å²) in [6.45, 7) is 3.77. The summed E-state index contributed by atoms with van der Waals surface area (Å²) in [5.41, 5.74) is -0.0195. The SMILES string of the molecule is CCN1CCCC1CNS(=O)(=O)c1ccc(F)c(CO)c1. The van der Waals surface area contributed by atoms with Crippen LogP contribution in [0.5, 0.6) is 0 Å². The van der Waals surface area contributed by atoms with E-state index in [-0.39, 0.29) is 16.5 Å². The Labute approximate surface area is 124 Å². The van der Waals surface area contributed by atoms with Gasteiger partial charge in [0.1, 0.15) is 5.82 Å². The van der Waals surface area contributed by atoms with Crippen molar-refractivity contribution in [3.05, 3.63) is 29.6 Å². The molecule has 7 heteroatoms. The van der Waals surface area contributed by atoms with Gasteiger partial charge in [-0.05, 0) is 44.1 Å². The molecule has 2 rings (SSSR count). The molecular formula is C14H21FN2O3S. The maximum absolute atomic E-state index is 13.3. The van der Waals surface area contributed by atoms with Gasteiger partial charge in [-0.1, -0.05) is 6.92 Å². The van der Waals surface area contributed by atoms with Gasteiger partial charge >= 0.3 is 0 Å². The van der Waals surface area contributed by atoms with Crippen molar-refractivity contribution in [2.24, 2.45) is 0 Å². The Morgan fingerprint density at radius 1 is 1.48 bits per heavy atom. The van der Waals surface area contributed by atoms with Gasteiger partial charge in [-0.3, -0.25) is 4.90 Å². The fourth-order valence-corrected chi connectivity index (χ4v) is 3.79. The normalized spacial score (nSPS) is 20.0. The van der Waals surface area contributed by atoms with E-state index in [4.69, 9.17) is 5.11 Å². The van der Waals surface area contributed by atoms with Crippen LogP contribution in [0.4, 0.5) is 4.39 Å². The molecule has 0 spiro atoms. The van der Waals surface area contributed by atoms with Gasteiger partial charge < -0.3 is 5.11 Å². The summed E-state index contributed by atoms with van der Waals surface area (Å²) in [5.74, 6) is -0.607. The topological polar surface area (TPSA) is 69.6 Å². The second-order valence-corrected chi connectivity index (χ2v) is 6.95. The minimum Gasteiger partial charge on any atom is -0.392 e. The van der Waals surface area contributed by atoms with E-state index in [2.05, 4.69) is 16.5 Å². The number of hydrogen-bond donors (Lipinski definition) is 2. The number of likely N-dealkylation sites (N-methyl/N-ethyl adjacent to an activating group) is 1. The molecule has 1 fully saturated rings. The van der Waals surface area contributed by atoms with Crippen molar-refractivity contribution >= 4 is 10.0 Å². The van der Waals surface area contributed by atoms with Gasteiger partial charge in [0.15, 0.2) is 0 Å². The Kier molecular flexibility index (Phi) is 5.32. The molecule has 1 aromatic rings. The maximum Gasteiger partial charge on any atom is 0.240 e. The molecule has 1 aliphatic heterocycles. The largest absolute Gasteiger partial charge is 0.392 e. The maximum atomic E-state index is 13.3. The molecule has 1 aromatic carbocycles. The van der Waals surface area contributed by atoms with E-state index in [1.54, 1.807) is 0 Å². The van der Waals surface area contributed by atoms with Crippen LogP contribution in [0.25, 0.3) is 0 Å². The molecule has 21 heavy (non-hydrogen) atoms. The van der Waals surface area contributed by atoms with Gasteiger partial charge in [0.25, 0.3) is 0 Å². The van der Waals surface area contributed by atoms with Gasteiger partial charge in [-0.2, -0.15) is 0 Å². The summed E-state index contributed by atoms with van der Waals surface area (Å²) in [7, 11) is -3.68. The van der Waals surface area contributed by atoms with Gasteiger partial charge in [-0.25, -0.2) is 17.5 Å². The summed E-state index contributed by atoms with van der Waals surface area (Å²) in [6.07, 6.45) is 2.05. The molecule has 0 aliphatic carbocycles. The highest BCUT2D eigenvalue weighted by molar-refractivity contribution is 7.89. The molecule has 1 heterocycles. The van der Waals surface area contributed by atoms with Crippen LogP contribution in [0.15, 0.2) is 23.1 Å². The molecule has 1 atom stereocenters. The van der Waals surface area contributed by atoms with Gasteiger partial charge in [0.05, 0.1) is 11.5 Å². The van der Waals surface area contributed by atoms with E-state index in [0.717, 1.165) is 32.0 Å². The van der Waals surface area contributed by atoms with Gasteiger partial charge in [0.2, 0.25) is 10.0 Å². The third-order valence-corrected chi connectivity index (χ3v) is 5.33. The van der Waals surface area contributed by atoms with E-state index in [0.29, 0.717) is 6.54 Å². The zero-order chi connectivity index (χ0) is 15.5. The van der Waals surface area contributed by atoms with Crippen molar-refractivity contribution in [2.75, 3.05) is 19.6 Å². The van der Waals surface area contributed by atoms with Gasteiger partial charge in [0, 0.05) is 18.2 Å². The summed E-state index contributed by atoms with van der Waals surface area (Å²) >= 11 is 0. The molecule has 0 amide bonds. The first-order valence-electron chi connectivity index (χ1n) is 7.11. The monoisotopic (exact) mass is 316 g/mol. The summed E-state index contributed by atoms with van der Waals surface area (Å²) in [4.78, 5) is 2.22. The summed E-state index contributed by atoms with van der Waals surface area (Å²) in [6, 6.07) is 3.66. The lowest BCUT2D eigenvalue weighted by Crippen LogP contribution is -2.40. The summed E-state index contributed by atoms with van der Waals surface area (Å²) < 4.78 is 40.3. The van der Waals surface area contributed by atoms with Crippen molar-refractivity contribution in [3.63, 3.8) is 0 Å². The quantitative estimate of drug-likeness (QED) is 0.824. The fraction of sp³-hybridized carbons (Fsp3) is 0.571. The Morgan fingerprint density at radius 3 is 2.90 bits per heavy atom. The number of rotatable bonds is 6. The van der Waals surface area contributed by atoms with Crippen LogP contribution in [0.2, 0.25) is 0 Å². The zero-order valence-electron chi connectivity index (χ0n) is 12.0. The molecule has 0 saturated carbocycles.